The van der Waals surface area contributed by atoms with E-state index in [0.29, 0.717) is 12.0 Å². The van der Waals surface area contributed by atoms with Crippen LogP contribution < -0.4 is 0 Å². The molecule has 0 radical (unpaired) electrons. The van der Waals surface area contributed by atoms with Crippen LogP contribution in [0.15, 0.2) is 22.3 Å². The Balaban J connectivity index is 1.97. The highest BCUT2D eigenvalue weighted by Gasteiger charge is 2.42. The van der Waals surface area contributed by atoms with E-state index in [2.05, 4.69) is 4.74 Å². The zero-order valence-electron chi connectivity index (χ0n) is 10.4. The third-order valence-corrected chi connectivity index (χ3v) is 3.99. The lowest BCUT2D eigenvalue weighted by molar-refractivity contribution is -0.151. The number of hydrogen-bond donors (Lipinski definition) is 0. The van der Waals surface area contributed by atoms with Crippen molar-refractivity contribution in [3.8, 4) is 0 Å². The normalized spacial score (nSPS) is 26.9. The van der Waals surface area contributed by atoms with Gasteiger partial charge in [0, 0.05) is 17.9 Å². The average molecular weight is 246 g/mol. The molecule has 0 fully saturated rings. The summed E-state index contributed by atoms with van der Waals surface area (Å²) in [5.74, 6) is -0.138. The van der Waals surface area contributed by atoms with Crippen molar-refractivity contribution in [2.75, 3.05) is 0 Å². The van der Waals surface area contributed by atoms with Crippen LogP contribution in [0.25, 0.3) is 0 Å². The number of aryl methyl sites for hydroxylation is 1. The first-order valence-corrected chi connectivity index (χ1v) is 6.04. The molecule has 1 aliphatic carbocycles. The molecule has 4 heteroatoms. The average Bonchev–Trinajstić information content (AvgIpc) is 2.83. The first-order valence-electron chi connectivity index (χ1n) is 6.04. The molecule has 1 atom stereocenters. The van der Waals surface area contributed by atoms with Crippen molar-refractivity contribution in [1.82, 2.24) is 0 Å². The molecule has 1 aliphatic heterocycles. The first-order chi connectivity index (χ1) is 8.49. The van der Waals surface area contributed by atoms with Gasteiger partial charge in [0.2, 0.25) is 0 Å². The zero-order chi connectivity index (χ0) is 12.9. The van der Waals surface area contributed by atoms with Gasteiger partial charge in [0.05, 0.1) is 11.8 Å². The quantitative estimate of drug-likeness (QED) is 0.562. The number of carbonyl (C=O) groups is 2. The maximum absolute atomic E-state index is 11.7. The summed E-state index contributed by atoms with van der Waals surface area (Å²) in [6.07, 6.45) is 5.41. The minimum Gasteiger partial charge on any atom is -0.469 e. The molecule has 2 aliphatic rings. The van der Waals surface area contributed by atoms with E-state index in [1.54, 1.807) is 6.26 Å². The van der Waals surface area contributed by atoms with Crippen LogP contribution in [-0.4, -0.2) is 11.9 Å². The van der Waals surface area contributed by atoms with Gasteiger partial charge in [0.1, 0.15) is 5.76 Å². The van der Waals surface area contributed by atoms with Crippen molar-refractivity contribution in [2.24, 2.45) is 5.41 Å². The van der Waals surface area contributed by atoms with Gasteiger partial charge in [-0.3, -0.25) is 0 Å². The first kappa shape index (κ1) is 11.3. The largest absolute Gasteiger partial charge is 0.469 e. The molecular formula is C14H14O4. The lowest BCUT2D eigenvalue weighted by Crippen LogP contribution is -2.30. The van der Waals surface area contributed by atoms with Crippen LogP contribution in [0.2, 0.25) is 0 Å². The lowest BCUT2D eigenvalue weighted by atomic mass is 9.70. The minimum absolute atomic E-state index is 0.361. The summed E-state index contributed by atoms with van der Waals surface area (Å²) >= 11 is 0. The van der Waals surface area contributed by atoms with E-state index in [-0.39, 0.29) is 5.41 Å². The van der Waals surface area contributed by atoms with E-state index in [9.17, 15) is 9.59 Å². The van der Waals surface area contributed by atoms with Crippen LogP contribution in [0.1, 0.15) is 30.2 Å². The highest BCUT2D eigenvalue weighted by molar-refractivity contribution is 6.09. The molecule has 0 aromatic carbocycles. The van der Waals surface area contributed by atoms with E-state index in [4.69, 9.17) is 4.42 Å². The minimum atomic E-state index is -0.558. The molecule has 4 nitrogen and oxygen atoms in total. The fourth-order valence-corrected chi connectivity index (χ4v) is 2.85. The summed E-state index contributed by atoms with van der Waals surface area (Å²) < 4.78 is 10.1. The summed E-state index contributed by atoms with van der Waals surface area (Å²) in [4.78, 5) is 22.8. The van der Waals surface area contributed by atoms with Gasteiger partial charge in [0.15, 0.2) is 0 Å². The molecule has 94 valence electrons. The third kappa shape index (κ3) is 1.52. The van der Waals surface area contributed by atoms with Crippen LogP contribution in [0, 0.1) is 12.3 Å². The molecule has 0 unspecified atom stereocenters. The van der Waals surface area contributed by atoms with Crippen molar-refractivity contribution in [2.45, 2.75) is 33.1 Å². The summed E-state index contributed by atoms with van der Waals surface area (Å²) in [5, 5.41) is 0. The number of hydrogen-bond acceptors (Lipinski definition) is 4. The van der Waals surface area contributed by atoms with Crippen LogP contribution in [-0.2, 0) is 27.2 Å². The Kier molecular flexibility index (Phi) is 2.24. The van der Waals surface area contributed by atoms with Crippen molar-refractivity contribution < 1.29 is 18.7 Å². The molecular weight excluding hydrogens is 232 g/mol. The Bertz CT molecular complexity index is 579. The molecule has 0 saturated heterocycles. The number of furan rings is 1. The predicted molar refractivity (Wildman–Crippen MR) is 62.8 cm³/mol. The summed E-state index contributed by atoms with van der Waals surface area (Å²) in [6.45, 7) is 4.01. The standard InChI is InChI=1S/C14H14O4/c1-8-7-17-11-6-14(2,4-3-9(8)11)10-5-12(15)18-13(10)16/h5,7H,3-4,6H2,1-2H3/t14-/m0/s1. The Morgan fingerprint density at radius 2 is 2.11 bits per heavy atom. The second-order valence-electron chi connectivity index (χ2n) is 5.32. The van der Waals surface area contributed by atoms with Gasteiger partial charge in [-0.2, -0.15) is 0 Å². The lowest BCUT2D eigenvalue weighted by Gasteiger charge is -2.32. The van der Waals surface area contributed by atoms with Crippen molar-refractivity contribution in [3.05, 3.63) is 34.8 Å². The number of rotatable bonds is 1. The molecule has 1 aromatic rings. The zero-order valence-corrected chi connectivity index (χ0v) is 10.4. The van der Waals surface area contributed by atoms with E-state index in [0.717, 1.165) is 24.2 Å². The van der Waals surface area contributed by atoms with E-state index >= 15 is 0 Å². The van der Waals surface area contributed by atoms with Crippen molar-refractivity contribution in [3.63, 3.8) is 0 Å². The van der Waals surface area contributed by atoms with Gasteiger partial charge < -0.3 is 9.15 Å². The second-order valence-corrected chi connectivity index (χ2v) is 5.32. The van der Waals surface area contributed by atoms with Crippen LogP contribution in [0.5, 0.6) is 0 Å². The van der Waals surface area contributed by atoms with Gasteiger partial charge in [-0.1, -0.05) is 6.92 Å². The maximum Gasteiger partial charge on any atom is 0.342 e. The molecule has 3 rings (SSSR count). The van der Waals surface area contributed by atoms with Gasteiger partial charge >= 0.3 is 11.9 Å². The van der Waals surface area contributed by atoms with Gasteiger partial charge in [-0.15, -0.1) is 0 Å². The van der Waals surface area contributed by atoms with Gasteiger partial charge in [0.25, 0.3) is 0 Å². The van der Waals surface area contributed by atoms with Gasteiger partial charge in [-0.05, 0) is 30.9 Å². The fourth-order valence-electron chi connectivity index (χ4n) is 2.85. The summed E-state index contributed by atoms with van der Waals surface area (Å²) in [5.41, 5.74) is 2.52. The monoisotopic (exact) mass is 246 g/mol. The molecule has 18 heavy (non-hydrogen) atoms. The Hall–Kier alpha value is -1.84. The number of esters is 2. The van der Waals surface area contributed by atoms with Gasteiger partial charge in [-0.25, -0.2) is 9.59 Å². The van der Waals surface area contributed by atoms with Crippen LogP contribution in [0.4, 0.5) is 0 Å². The topological polar surface area (TPSA) is 56.5 Å². The van der Waals surface area contributed by atoms with E-state index in [1.807, 2.05) is 13.8 Å². The molecule has 1 aromatic heterocycles. The summed E-state index contributed by atoms with van der Waals surface area (Å²) in [7, 11) is 0. The second kappa shape index (κ2) is 3.57. The van der Waals surface area contributed by atoms with Crippen LogP contribution >= 0.6 is 0 Å². The third-order valence-electron chi connectivity index (χ3n) is 3.99. The number of ether oxygens (including phenoxy) is 1. The number of cyclic esters (lactones) is 2. The molecule has 2 heterocycles. The molecule has 0 amide bonds. The van der Waals surface area contributed by atoms with E-state index in [1.165, 1.54) is 11.6 Å². The van der Waals surface area contributed by atoms with Crippen molar-refractivity contribution >= 4 is 11.9 Å². The molecule has 0 saturated carbocycles. The predicted octanol–water partition coefficient (Wildman–Crippen LogP) is 2.09. The van der Waals surface area contributed by atoms with Crippen LogP contribution in [0.3, 0.4) is 0 Å². The Labute approximate surface area is 105 Å². The molecule has 0 N–H and O–H groups in total. The summed E-state index contributed by atoms with van der Waals surface area (Å²) in [6, 6.07) is 0. The SMILES string of the molecule is Cc1coc2c1CC[C@](C)(C1=CC(=O)OC1=O)C2. The Morgan fingerprint density at radius 1 is 1.33 bits per heavy atom. The highest BCUT2D eigenvalue weighted by Crippen LogP contribution is 2.43. The van der Waals surface area contributed by atoms with Crippen molar-refractivity contribution in [1.29, 1.82) is 0 Å². The number of carbonyl (C=O) groups excluding carboxylic acids is 2. The molecule has 0 bridgehead atoms. The molecule has 0 spiro atoms. The fraction of sp³-hybridized carbons (Fsp3) is 0.429. The number of fused-ring (bicyclic) bond motifs is 1. The smallest absolute Gasteiger partial charge is 0.342 e. The van der Waals surface area contributed by atoms with E-state index < -0.39 is 11.9 Å². The maximum atomic E-state index is 11.7. The Morgan fingerprint density at radius 3 is 2.78 bits per heavy atom. The highest BCUT2D eigenvalue weighted by atomic mass is 16.6.